The van der Waals surface area contributed by atoms with Gasteiger partial charge in [0.25, 0.3) is 5.91 Å². The number of rotatable bonds is 10. The lowest BCUT2D eigenvalue weighted by Gasteiger charge is -2.15. The maximum absolute atomic E-state index is 13.8. The number of nitrogens with zero attached hydrogens (tertiary/aromatic N) is 2. The third-order valence-corrected chi connectivity index (χ3v) is 6.73. The highest BCUT2D eigenvalue weighted by molar-refractivity contribution is 8.00. The summed E-state index contributed by atoms with van der Waals surface area (Å²) in [4.78, 5) is 23.2. The second kappa shape index (κ2) is 12.4. The molecular weight excluding hydrogens is 545 g/mol. The lowest BCUT2D eigenvalue weighted by Crippen LogP contribution is -2.13. The number of halogens is 1. The van der Waals surface area contributed by atoms with Crippen LogP contribution in [0.2, 0.25) is 0 Å². The molecule has 4 aromatic carbocycles. The minimum absolute atomic E-state index is 0.0972. The first-order chi connectivity index (χ1) is 19.9. The fourth-order valence-electron chi connectivity index (χ4n) is 3.98. The van der Waals surface area contributed by atoms with Gasteiger partial charge in [-0.1, -0.05) is 18.2 Å². The van der Waals surface area contributed by atoms with E-state index in [0.717, 1.165) is 22.0 Å². The second-order valence-corrected chi connectivity index (χ2v) is 9.55. The summed E-state index contributed by atoms with van der Waals surface area (Å²) in [7, 11) is 4.60. The van der Waals surface area contributed by atoms with E-state index in [4.69, 9.17) is 24.2 Å². The minimum Gasteiger partial charge on any atom is -0.497 e. The van der Waals surface area contributed by atoms with E-state index in [9.17, 15) is 9.18 Å². The molecular formula is C30H26FN5O4S. The summed E-state index contributed by atoms with van der Waals surface area (Å²) in [5.41, 5.74) is 2.77. The van der Waals surface area contributed by atoms with Gasteiger partial charge in [-0.3, -0.25) is 4.79 Å². The largest absolute Gasteiger partial charge is 0.497 e. The summed E-state index contributed by atoms with van der Waals surface area (Å²) in [6.45, 7) is 0. The van der Waals surface area contributed by atoms with Gasteiger partial charge in [-0.2, -0.15) is 0 Å². The van der Waals surface area contributed by atoms with Crippen molar-refractivity contribution in [1.82, 2.24) is 9.97 Å². The van der Waals surface area contributed by atoms with Crippen molar-refractivity contribution in [1.29, 1.82) is 0 Å². The molecule has 0 fully saturated rings. The van der Waals surface area contributed by atoms with Gasteiger partial charge in [0.15, 0.2) is 11.6 Å². The molecule has 1 heterocycles. The predicted molar refractivity (Wildman–Crippen MR) is 159 cm³/mol. The van der Waals surface area contributed by atoms with Gasteiger partial charge in [-0.15, -0.1) is 0 Å². The molecule has 0 saturated heterocycles. The van der Waals surface area contributed by atoms with Crippen LogP contribution in [0.4, 0.5) is 27.4 Å². The van der Waals surface area contributed by atoms with Gasteiger partial charge >= 0.3 is 0 Å². The highest BCUT2D eigenvalue weighted by Gasteiger charge is 2.15. The van der Waals surface area contributed by atoms with Crippen LogP contribution in [0.3, 0.4) is 0 Å². The van der Waals surface area contributed by atoms with Crippen LogP contribution in [0.15, 0.2) is 89.8 Å². The van der Waals surface area contributed by atoms with Crippen LogP contribution in [0.5, 0.6) is 17.2 Å². The number of ether oxygens (including phenoxy) is 3. The summed E-state index contributed by atoms with van der Waals surface area (Å²) >= 11 is 1.29. The number of para-hydroxylation sites is 2. The molecule has 11 heteroatoms. The monoisotopic (exact) mass is 571 g/mol. The Morgan fingerprint density at radius 3 is 2.15 bits per heavy atom. The van der Waals surface area contributed by atoms with Gasteiger partial charge < -0.3 is 29.6 Å². The summed E-state index contributed by atoms with van der Waals surface area (Å²) in [6, 6.07) is 24.0. The molecule has 1 aromatic heterocycles. The fraction of sp³-hybridized carbons (Fsp3) is 0.100. The zero-order valence-electron chi connectivity index (χ0n) is 22.4. The number of aromatic nitrogens is 2. The van der Waals surface area contributed by atoms with Gasteiger partial charge in [-0.25, -0.2) is 14.4 Å². The van der Waals surface area contributed by atoms with Crippen molar-refractivity contribution < 1.29 is 23.4 Å². The van der Waals surface area contributed by atoms with Gasteiger partial charge in [0.05, 0.1) is 37.9 Å². The molecule has 3 N–H and O–H groups in total. The zero-order chi connectivity index (χ0) is 28.8. The van der Waals surface area contributed by atoms with E-state index in [0.29, 0.717) is 34.5 Å². The Balaban J connectivity index is 1.38. The number of carbonyl (C=O) groups excluding carboxylic acids is 1. The van der Waals surface area contributed by atoms with Gasteiger partial charge in [0.1, 0.15) is 23.1 Å². The molecule has 0 radical (unpaired) electrons. The van der Waals surface area contributed by atoms with Gasteiger partial charge in [0.2, 0.25) is 0 Å². The highest BCUT2D eigenvalue weighted by Crippen LogP contribution is 2.33. The van der Waals surface area contributed by atoms with E-state index in [1.54, 1.807) is 38.5 Å². The van der Waals surface area contributed by atoms with Crippen LogP contribution >= 0.6 is 11.9 Å². The Hall–Kier alpha value is -5.03. The van der Waals surface area contributed by atoms with Crippen molar-refractivity contribution in [2.24, 2.45) is 0 Å². The van der Waals surface area contributed by atoms with Gasteiger partial charge in [0, 0.05) is 34.5 Å². The number of benzene rings is 4. The number of fused-ring (bicyclic) bond motifs is 1. The van der Waals surface area contributed by atoms with Crippen molar-refractivity contribution in [2.75, 3.05) is 36.7 Å². The van der Waals surface area contributed by atoms with Crippen LogP contribution < -0.4 is 29.6 Å². The predicted octanol–water partition coefficient (Wildman–Crippen LogP) is 6.91. The Labute approximate surface area is 240 Å². The van der Waals surface area contributed by atoms with Gasteiger partial charge in [-0.05, 0) is 60.5 Å². The molecule has 9 nitrogen and oxygen atoms in total. The van der Waals surface area contributed by atoms with Crippen LogP contribution in [-0.2, 0) is 0 Å². The maximum atomic E-state index is 13.8. The number of nitrogens with one attached hydrogen (secondary N) is 3. The summed E-state index contributed by atoms with van der Waals surface area (Å²) in [6.07, 6.45) is 0. The fourth-order valence-corrected chi connectivity index (χ4v) is 4.66. The first-order valence-electron chi connectivity index (χ1n) is 12.4. The molecule has 0 aliphatic carbocycles. The SMILES string of the molecule is COc1cc(Nc2nc3ccccc3nc2NSc2cccc(NC(=O)c3cc(F)ccc3OC)c2)cc(OC)c1. The number of anilines is 4. The maximum Gasteiger partial charge on any atom is 0.259 e. The number of hydrogen-bond donors (Lipinski definition) is 3. The molecule has 0 spiro atoms. The molecule has 5 aromatic rings. The standard InChI is InChI=1S/C30H26FN5O4S/c1-38-21-14-20(15-22(17-21)39-2)32-28-29(35-26-10-5-4-9-25(26)34-28)36-41-23-8-6-7-19(16-23)33-30(37)24-13-18(31)11-12-27(24)40-3/h4-17H,1-3H3,(H,32,34)(H,33,37)(H,35,36). The Bertz CT molecular complexity index is 1700. The van der Waals surface area contributed by atoms with Crippen molar-refractivity contribution in [3.8, 4) is 17.2 Å². The first-order valence-corrected chi connectivity index (χ1v) is 13.2. The molecule has 1 amide bonds. The number of amides is 1. The normalized spacial score (nSPS) is 10.6. The molecule has 41 heavy (non-hydrogen) atoms. The quantitative estimate of drug-likeness (QED) is 0.154. The number of methoxy groups -OCH3 is 3. The number of hydrogen-bond acceptors (Lipinski definition) is 9. The number of carbonyl (C=O) groups is 1. The van der Waals surface area contributed by atoms with Crippen molar-refractivity contribution >= 4 is 51.9 Å². The topological polar surface area (TPSA) is 107 Å². The third kappa shape index (κ3) is 6.59. The van der Waals surface area contributed by atoms with Crippen LogP contribution in [0, 0.1) is 5.82 Å². The average molecular weight is 572 g/mol. The Morgan fingerprint density at radius 2 is 1.46 bits per heavy atom. The third-order valence-electron chi connectivity index (χ3n) is 5.95. The van der Waals surface area contributed by atoms with E-state index < -0.39 is 11.7 Å². The van der Waals surface area contributed by atoms with Crippen LogP contribution in [0.1, 0.15) is 10.4 Å². The molecule has 0 unspecified atom stereocenters. The van der Waals surface area contributed by atoms with E-state index in [2.05, 4.69) is 15.4 Å². The first kappa shape index (κ1) is 27.5. The van der Waals surface area contributed by atoms with Crippen LogP contribution in [-0.4, -0.2) is 37.2 Å². The second-order valence-electron chi connectivity index (χ2n) is 8.67. The zero-order valence-corrected chi connectivity index (χ0v) is 23.2. The molecule has 0 aliphatic heterocycles. The molecule has 0 saturated carbocycles. The van der Waals surface area contributed by atoms with Crippen molar-refractivity contribution in [3.05, 3.63) is 96.3 Å². The van der Waals surface area contributed by atoms with E-state index in [1.807, 2.05) is 42.5 Å². The minimum atomic E-state index is -0.530. The van der Waals surface area contributed by atoms with Crippen molar-refractivity contribution in [3.63, 3.8) is 0 Å². The highest BCUT2D eigenvalue weighted by atomic mass is 32.2. The van der Waals surface area contributed by atoms with E-state index in [1.165, 1.54) is 31.2 Å². The lowest BCUT2D eigenvalue weighted by atomic mass is 10.1. The van der Waals surface area contributed by atoms with Crippen molar-refractivity contribution in [2.45, 2.75) is 4.90 Å². The molecule has 0 aliphatic rings. The Kier molecular flexibility index (Phi) is 8.35. The summed E-state index contributed by atoms with van der Waals surface area (Å²) in [5, 5.41) is 6.11. The average Bonchev–Trinajstić information content (AvgIpc) is 2.99. The molecule has 0 bridgehead atoms. The molecule has 5 rings (SSSR count). The van der Waals surface area contributed by atoms with E-state index >= 15 is 0 Å². The van der Waals surface area contributed by atoms with E-state index in [-0.39, 0.29) is 11.3 Å². The smallest absolute Gasteiger partial charge is 0.259 e. The summed E-state index contributed by atoms with van der Waals surface area (Å²) in [5.74, 6) is 1.50. The lowest BCUT2D eigenvalue weighted by molar-refractivity contribution is 0.102. The Morgan fingerprint density at radius 1 is 0.756 bits per heavy atom. The summed E-state index contributed by atoms with van der Waals surface area (Å²) < 4.78 is 33.0. The van der Waals surface area contributed by atoms with Crippen LogP contribution in [0.25, 0.3) is 11.0 Å². The molecule has 0 atom stereocenters. The molecule has 208 valence electrons.